The minimum atomic E-state index is -0.162. The quantitative estimate of drug-likeness (QED) is 0.535. The maximum Gasteiger partial charge on any atom is 0.320 e. The summed E-state index contributed by atoms with van der Waals surface area (Å²) in [6.07, 6.45) is 10.7. The van der Waals surface area contributed by atoms with Crippen LogP contribution in [0.15, 0.2) is 12.7 Å². The number of esters is 1. The molecule has 1 aliphatic carbocycles. The van der Waals surface area contributed by atoms with Crippen molar-refractivity contribution in [2.45, 2.75) is 63.6 Å². The molecule has 21 heavy (non-hydrogen) atoms. The van der Waals surface area contributed by atoms with Crippen LogP contribution in [-0.4, -0.2) is 48.8 Å². The first-order valence-electron chi connectivity index (χ1n) is 8.34. The van der Waals surface area contributed by atoms with E-state index in [0.29, 0.717) is 19.7 Å². The highest BCUT2D eigenvalue weighted by Crippen LogP contribution is 2.41. The summed E-state index contributed by atoms with van der Waals surface area (Å²) in [4.78, 5) is 13.7. The van der Waals surface area contributed by atoms with Gasteiger partial charge in [-0.25, -0.2) is 0 Å². The summed E-state index contributed by atoms with van der Waals surface area (Å²) in [7, 11) is 0. The Kier molecular flexibility index (Phi) is 6.24. The third kappa shape index (κ3) is 4.82. The van der Waals surface area contributed by atoms with Crippen LogP contribution < -0.4 is 0 Å². The minimum absolute atomic E-state index is 0.146. The van der Waals surface area contributed by atoms with E-state index in [1.54, 1.807) is 0 Å². The first kappa shape index (κ1) is 16.5. The molecule has 0 amide bonds. The lowest BCUT2D eigenvalue weighted by atomic mass is 9.83. The maximum absolute atomic E-state index is 11.7. The van der Waals surface area contributed by atoms with Gasteiger partial charge in [0.1, 0.15) is 0 Å². The highest BCUT2D eigenvalue weighted by molar-refractivity contribution is 5.71. The molecular weight excluding hydrogens is 266 g/mol. The predicted octanol–water partition coefficient (Wildman–Crippen LogP) is 2.92. The van der Waals surface area contributed by atoms with E-state index >= 15 is 0 Å². The van der Waals surface area contributed by atoms with Crippen molar-refractivity contribution in [1.29, 1.82) is 0 Å². The van der Waals surface area contributed by atoms with Crippen molar-refractivity contribution < 1.29 is 14.3 Å². The van der Waals surface area contributed by atoms with Crippen molar-refractivity contribution in [1.82, 2.24) is 4.90 Å². The van der Waals surface area contributed by atoms with E-state index < -0.39 is 0 Å². The van der Waals surface area contributed by atoms with Crippen molar-refractivity contribution in [2.24, 2.45) is 0 Å². The molecule has 0 radical (unpaired) electrons. The molecule has 1 saturated carbocycles. The molecule has 0 aromatic carbocycles. The normalized spacial score (nSPS) is 24.4. The van der Waals surface area contributed by atoms with E-state index in [1.807, 2.05) is 13.0 Å². The van der Waals surface area contributed by atoms with Gasteiger partial charge in [0.2, 0.25) is 0 Å². The average molecular weight is 295 g/mol. The van der Waals surface area contributed by atoms with Gasteiger partial charge in [-0.15, -0.1) is 6.58 Å². The molecule has 0 aromatic heterocycles. The summed E-state index contributed by atoms with van der Waals surface area (Å²) in [5.74, 6) is -0.162. The van der Waals surface area contributed by atoms with Crippen molar-refractivity contribution in [3.05, 3.63) is 12.7 Å². The van der Waals surface area contributed by atoms with E-state index in [1.165, 1.54) is 38.5 Å². The Morgan fingerprint density at radius 2 is 2.14 bits per heavy atom. The van der Waals surface area contributed by atoms with Crippen LogP contribution in [0.1, 0.15) is 51.9 Å². The van der Waals surface area contributed by atoms with Crippen LogP contribution >= 0.6 is 0 Å². The SMILES string of the molecule is C=CCN(CC(=O)OCC)CC1CCC2(CCCCC2)O1. The molecule has 1 atom stereocenters. The topological polar surface area (TPSA) is 38.8 Å². The lowest BCUT2D eigenvalue weighted by molar-refractivity contribution is -0.145. The van der Waals surface area contributed by atoms with Crippen molar-refractivity contribution in [3.8, 4) is 0 Å². The molecule has 1 aliphatic heterocycles. The largest absolute Gasteiger partial charge is 0.465 e. The van der Waals surface area contributed by atoms with Gasteiger partial charge in [-0.05, 0) is 32.6 Å². The van der Waals surface area contributed by atoms with Gasteiger partial charge in [-0.3, -0.25) is 9.69 Å². The summed E-state index contributed by atoms with van der Waals surface area (Å²) in [5.41, 5.74) is 0.146. The lowest BCUT2D eigenvalue weighted by Crippen LogP contribution is -2.39. The Bertz CT molecular complexity index is 350. The third-order valence-corrected chi connectivity index (χ3v) is 4.61. The van der Waals surface area contributed by atoms with Crippen LogP contribution in [0.2, 0.25) is 0 Å². The molecule has 0 aromatic rings. The molecule has 0 bridgehead atoms. The molecule has 4 nitrogen and oxygen atoms in total. The zero-order chi connectivity index (χ0) is 15.1. The number of carbonyl (C=O) groups excluding carboxylic acids is 1. The lowest BCUT2D eigenvalue weighted by Gasteiger charge is -2.34. The number of carbonyl (C=O) groups is 1. The summed E-state index contributed by atoms with van der Waals surface area (Å²) in [6, 6.07) is 0. The molecule has 1 spiro atoms. The molecule has 2 aliphatic rings. The number of ether oxygens (including phenoxy) is 2. The molecule has 1 unspecified atom stereocenters. The number of hydrogen-bond acceptors (Lipinski definition) is 4. The zero-order valence-corrected chi connectivity index (χ0v) is 13.3. The Balaban J connectivity index is 1.83. The highest BCUT2D eigenvalue weighted by atomic mass is 16.5. The van der Waals surface area contributed by atoms with Crippen LogP contribution in [0.5, 0.6) is 0 Å². The van der Waals surface area contributed by atoms with E-state index in [2.05, 4.69) is 11.5 Å². The standard InChI is InChI=1S/C17H29NO3/c1-3-12-18(14-16(19)20-4-2)13-15-8-11-17(21-15)9-6-5-7-10-17/h3,15H,1,4-14H2,2H3. The van der Waals surface area contributed by atoms with Gasteiger partial charge in [0.05, 0.1) is 24.9 Å². The Labute approximate surface area is 128 Å². The first-order valence-corrected chi connectivity index (χ1v) is 8.34. The molecule has 1 saturated heterocycles. The van der Waals surface area contributed by atoms with Crippen LogP contribution in [-0.2, 0) is 14.3 Å². The fourth-order valence-corrected chi connectivity index (χ4v) is 3.65. The van der Waals surface area contributed by atoms with Gasteiger partial charge < -0.3 is 9.47 Å². The molecule has 4 heteroatoms. The van der Waals surface area contributed by atoms with Crippen molar-refractivity contribution in [2.75, 3.05) is 26.2 Å². The third-order valence-electron chi connectivity index (χ3n) is 4.61. The van der Waals surface area contributed by atoms with Crippen LogP contribution in [0.25, 0.3) is 0 Å². The number of nitrogens with zero attached hydrogens (tertiary/aromatic N) is 1. The van der Waals surface area contributed by atoms with Gasteiger partial charge in [-0.2, -0.15) is 0 Å². The van der Waals surface area contributed by atoms with Gasteiger partial charge in [-0.1, -0.05) is 25.3 Å². The van der Waals surface area contributed by atoms with Gasteiger partial charge >= 0.3 is 5.97 Å². The number of rotatable bonds is 7. The van der Waals surface area contributed by atoms with Crippen LogP contribution in [0.3, 0.4) is 0 Å². The molecular formula is C17H29NO3. The van der Waals surface area contributed by atoms with E-state index in [4.69, 9.17) is 9.47 Å². The average Bonchev–Trinajstić information content (AvgIpc) is 2.82. The smallest absolute Gasteiger partial charge is 0.320 e. The molecule has 2 fully saturated rings. The Hall–Kier alpha value is -0.870. The van der Waals surface area contributed by atoms with Crippen LogP contribution in [0.4, 0.5) is 0 Å². The van der Waals surface area contributed by atoms with Gasteiger partial charge in [0.25, 0.3) is 0 Å². The second-order valence-electron chi connectivity index (χ2n) is 6.31. The summed E-state index contributed by atoms with van der Waals surface area (Å²) < 4.78 is 11.4. The fraction of sp³-hybridized carbons (Fsp3) is 0.824. The van der Waals surface area contributed by atoms with Gasteiger partial charge in [0, 0.05) is 13.1 Å². The van der Waals surface area contributed by atoms with Crippen molar-refractivity contribution in [3.63, 3.8) is 0 Å². The van der Waals surface area contributed by atoms with E-state index in [9.17, 15) is 4.79 Å². The summed E-state index contributed by atoms with van der Waals surface area (Å²) in [6.45, 7) is 7.87. The Morgan fingerprint density at radius 3 is 2.81 bits per heavy atom. The highest BCUT2D eigenvalue weighted by Gasteiger charge is 2.41. The van der Waals surface area contributed by atoms with Gasteiger partial charge in [0.15, 0.2) is 0 Å². The molecule has 0 N–H and O–H groups in total. The number of hydrogen-bond donors (Lipinski definition) is 0. The second-order valence-corrected chi connectivity index (χ2v) is 6.31. The molecule has 120 valence electrons. The van der Waals surface area contributed by atoms with E-state index in [0.717, 1.165) is 13.0 Å². The summed E-state index contributed by atoms with van der Waals surface area (Å²) >= 11 is 0. The maximum atomic E-state index is 11.7. The first-order chi connectivity index (χ1) is 10.2. The molecule has 1 heterocycles. The minimum Gasteiger partial charge on any atom is -0.465 e. The Morgan fingerprint density at radius 1 is 1.38 bits per heavy atom. The monoisotopic (exact) mass is 295 g/mol. The predicted molar refractivity (Wildman–Crippen MR) is 83.2 cm³/mol. The summed E-state index contributed by atoms with van der Waals surface area (Å²) in [5, 5.41) is 0. The van der Waals surface area contributed by atoms with Crippen molar-refractivity contribution >= 4 is 5.97 Å². The van der Waals surface area contributed by atoms with Crippen LogP contribution in [0, 0.1) is 0 Å². The zero-order valence-electron chi connectivity index (χ0n) is 13.3. The second kappa shape index (κ2) is 7.95. The fourth-order valence-electron chi connectivity index (χ4n) is 3.65. The molecule has 2 rings (SSSR count). The van der Waals surface area contributed by atoms with E-state index in [-0.39, 0.29) is 17.7 Å².